The molecule has 170 valence electrons. The predicted molar refractivity (Wildman–Crippen MR) is 120 cm³/mol. The SMILES string of the molecule is CCN(CC)S(=O)(=O)c1cc(C(=O)N2CCCN(c3ccc(C#N)cc3)CC2)ccc1F. The van der Waals surface area contributed by atoms with Gasteiger partial charge in [-0.05, 0) is 48.9 Å². The third kappa shape index (κ3) is 4.92. The van der Waals surface area contributed by atoms with Gasteiger partial charge in [0.15, 0.2) is 0 Å². The standard InChI is InChI=1S/C23H27FN4O3S/c1-3-28(4-2)32(30,31)22-16-19(8-11-21(22)24)23(29)27-13-5-12-26(14-15-27)20-9-6-18(17-25)7-10-20/h6-11,16H,3-5,12-15H2,1-2H3. The molecule has 3 rings (SSSR count). The maximum Gasteiger partial charge on any atom is 0.253 e. The van der Waals surface area contributed by atoms with Crippen LogP contribution in [0.3, 0.4) is 0 Å². The fourth-order valence-electron chi connectivity index (χ4n) is 3.84. The van der Waals surface area contributed by atoms with Crippen LogP contribution < -0.4 is 4.90 Å². The van der Waals surface area contributed by atoms with E-state index in [1.165, 1.54) is 10.4 Å². The van der Waals surface area contributed by atoms with Crippen molar-refractivity contribution in [3.63, 3.8) is 0 Å². The van der Waals surface area contributed by atoms with Gasteiger partial charge >= 0.3 is 0 Å². The molecule has 0 aliphatic carbocycles. The van der Waals surface area contributed by atoms with Crippen LogP contribution in [0.2, 0.25) is 0 Å². The second-order valence-electron chi connectivity index (χ2n) is 7.53. The average molecular weight is 459 g/mol. The monoisotopic (exact) mass is 458 g/mol. The molecule has 0 aromatic heterocycles. The average Bonchev–Trinajstić information content (AvgIpc) is 3.06. The van der Waals surface area contributed by atoms with Gasteiger partial charge in [0.1, 0.15) is 10.7 Å². The lowest BCUT2D eigenvalue weighted by Crippen LogP contribution is -2.35. The number of hydrogen-bond acceptors (Lipinski definition) is 5. The zero-order valence-corrected chi connectivity index (χ0v) is 19.1. The van der Waals surface area contributed by atoms with E-state index in [1.807, 2.05) is 12.1 Å². The number of rotatable bonds is 6. The molecule has 7 nitrogen and oxygen atoms in total. The fraction of sp³-hybridized carbons (Fsp3) is 0.391. The Morgan fingerprint density at radius 1 is 1.06 bits per heavy atom. The quantitative estimate of drug-likeness (QED) is 0.664. The van der Waals surface area contributed by atoms with Crippen molar-refractivity contribution < 1.29 is 17.6 Å². The number of benzene rings is 2. The van der Waals surface area contributed by atoms with Gasteiger partial charge < -0.3 is 9.80 Å². The number of carbonyl (C=O) groups excluding carboxylic acids is 1. The Bertz CT molecular complexity index is 1110. The van der Waals surface area contributed by atoms with E-state index < -0.39 is 20.7 Å². The molecule has 0 saturated carbocycles. The van der Waals surface area contributed by atoms with Crippen molar-refractivity contribution in [1.82, 2.24) is 9.21 Å². The summed E-state index contributed by atoms with van der Waals surface area (Å²) in [6, 6.07) is 12.9. The van der Waals surface area contributed by atoms with Crippen LogP contribution in [-0.4, -0.2) is 62.8 Å². The summed E-state index contributed by atoms with van der Waals surface area (Å²) in [4.78, 5) is 16.5. The first-order valence-electron chi connectivity index (χ1n) is 10.7. The first-order valence-corrected chi connectivity index (χ1v) is 12.1. The van der Waals surface area contributed by atoms with Crippen molar-refractivity contribution in [2.24, 2.45) is 0 Å². The lowest BCUT2D eigenvalue weighted by molar-refractivity contribution is 0.0766. The van der Waals surface area contributed by atoms with Crippen LogP contribution in [-0.2, 0) is 10.0 Å². The molecule has 0 bridgehead atoms. The van der Waals surface area contributed by atoms with E-state index in [4.69, 9.17) is 5.26 Å². The molecule has 9 heteroatoms. The summed E-state index contributed by atoms with van der Waals surface area (Å²) in [6.07, 6.45) is 0.734. The van der Waals surface area contributed by atoms with Crippen LogP contribution in [0.4, 0.5) is 10.1 Å². The molecular formula is C23H27FN4O3S. The number of anilines is 1. The molecule has 0 N–H and O–H groups in total. The van der Waals surface area contributed by atoms with E-state index in [-0.39, 0.29) is 24.6 Å². The third-order valence-electron chi connectivity index (χ3n) is 5.65. The van der Waals surface area contributed by atoms with E-state index in [1.54, 1.807) is 30.9 Å². The lowest BCUT2D eigenvalue weighted by atomic mass is 10.2. The van der Waals surface area contributed by atoms with Crippen molar-refractivity contribution >= 4 is 21.6 Å². The third-order valence-corrected chi connectivity index (χ3v) is 7.71. The molecule has 2 aromatic carbocycles. The predicted octanol–water partition coefficient (Wildman–Crippen LogP) is 3.08. The van der Waals surface area contributed by atoms with Crippen LogP contribution >= 0.6 is 0 Å². The van der Waals surface area contributed by atoms with Gasteiger partial charge in [-0.25, -0.2) is 12.8 Å². The fourth-order valence-corrected chi connectivity index (χ4v) is 5.39. The molecule has 0 radical (unpaired) electrons. The normalized spacial score (nSPS) is 14.8. The number of halogens is 1. The summed E-state index contributed by atoms with van der Waals surface area (Å²) >= 11 is 0. The van der Waals surface area contributed by atoms with E-state index in [0.29, 0.717) is 25.2 Å². The van der Waals surface area contributed by atoms with Gasteiger partial charge in [-0.3, -0.25) is 4.79 Å². The summed E-state index contributed by atoms with van der Waals surface area (Å²) < 4.78 is 41.2. The molecule has 1 heterocycles. The lowest BCUT2D eigenvalue weighted by Gasteiger charge is -2.24. The highest BCUT2D eigenvalue weighted by Crippen LogP contribution is 2.23. The molecule has 32 heavy (non-hydrogen) atoms. The molecule has 0 spiro atoms. The van der Waals surface area contributed by atoms with E-state index in [0.717, 1.165) is 30.8 Å². The second-order valence-corrected chi connectivity index (χ2v) is 9.43. The Labute approximate surface area is 188 Å². The number of sulfonamides is 1. The van der Waals surface area contributed by atoms with Crippen molar-refractivity contribution in [1.29, 1.82) is 5.26 Å². The highest BCUT2D eigenvalue weighted by atomic mass is 32.2. The molecule has 1 aliphatic rings. The molecule has 1 fully saturated rings. The number of nitriles is 1. The summed E-state index contributed by atoms with van der Waals surface area (Å²) in [7, 11) is -4.02. The summed E-state index contributed by atoms with van der Waals surface area (Å²) in [5, 5.41) is 8.96. The summed E-state index contributed by atoms with van der Waals surface area (Å²) in [5.41, 5.74) is 1.73. The Hall–Kier alpha value is -2.96. The zero-order chi connectivity index (χ0) is 23.3. The summed E-state index contributed by atoms with van der Waals surface area (Å²) in [5.74, 6) is -1.18. The minimum absolute atomic E-state index is 0.156. The largest absolute Gasteiger partial charge is 0.370 e. The van der Waals surface area contributed by atoms with Gasteiger partial charge in [0.2, 0.25) is 10.0 Å². The Balaban J connectivity index is 1.78. The van der Waals surface area contributed by atoms with Crippen molar-refractivity contribution in [3.05, 3.63) is 59.4 Å². The van der Waals surface area contributed by atoms with Gasteiger partial charge in [0.05, 0.1) is 11.6 Å². The second kappa shape index (κ2) is 10.1. The zero-order valence-electron chi connectivity index (χ0n) is 18.3. The molecular weight excluding hydrogens is 431 g/mol. The molecule has 1 saturated heterocycles. The molecule has 1 aliphatic heterocycles. The molecule has 1 amide bonds. The maximum atomic E-state index is 14.4. The van der Waals surface area contributed by atoms with Gasteiger partial charge in [0, 0.05) is 50.5 Å². The van der Waals surface area contributed by atoms with Gasteiger partial charge in [-0.1, -0.05) is 13.8 Å². The smallest absolute Gasteiger partial charge is 0.253 e. The Morgan fingerprint density at radius 3 is 2.38 bits per heavy atom. The van der Waals surface area contributed by atoms with E-state index in [9.17, 15) is 17.6 Å². The molecule has 0 atom stereocenters. The highest BCUT2D eigenvalue weighted by Gasteiger charge is 2.28. The molecule has 0 unspecified atom stereocenters. The number of nitrogens with zero attached hydrogens (tertiary/aromatic N) is 4. The van der Waals surface area contributed by atoms with Crippen molar-refractivity contribution in [3.8, 4) is 6.07 Å². The Morgan fingerprint density at radius 2 is 1.75 bits per heavy atom. The maximum absolute atomic E-state index is 14.4. The first kappa shape index (κ1) is 23.7. The Kier molecular flexibility index (Phi) is 7.48. The minimum Gasteiger partial charge on any atom is -0.370 e. The van der Waals surface area contributed by atoms with E-state index >= 15 is 0 Å². The van der Waals surface area contributed by atoms with Crippen molar-refractivity contribution in [2.75, 3.05) is 44.2 Å². The summed E-state index contributed by atoms with van der Waals surface area (Å²) in [6.45, 7) is 6.12. The van der Waals surface area contributed by atoms with Gasteiger partial charge in [0.25, 0.3) is 5.91 Å². The van der Waals surface area contributed by atoms with Crippen LogP contribution in [0.25, 0.3) is 0 Å². The van der Waals surface area contributed by atoms with Crippen molar-refractivity contribution in [2.45, 2.75) is 25.2 Å². The van der Waals surface area contributed by atoms with Crippen LogP contribution in [0.5, 0.6) is 0 Å². The first-order chi connectivity index (χ1) is 15.3. The number of carbonyl (C=O) groups is 1. The molecule has 2 aromatic rings. The van der Waals surface area contributed by atoms with Crippen LogP contribution in [0.15, 0.2) is 47.4 Å². The van der Waals surface area contributed by atoms with E-state index in [2.05, 4.69) is 11.0 Å². The minimum atomic E-state index is -4.02. The number of amides is 1. The topological polar surface area (TPSA) is 84.7 Å². The van der Waals surface area contributed by atoms with Gasteiger partial charge in [-0.2, -0.15) is 9.57 Å². The van der Waals surface area contributed by atoms with Crippen LogP contribution in [0.1, 0.15) is 36.2 Å². The number of hydrogen-bond donors (Lipinski definition) is 0. The van der Waals surface area contributed by atoms with Crippen LogP contribution in [0, 0.1) is 17.1 Å². The van der Waals surface area contributed by atoms with Gasteiger partial charge in [-0.15, -0.1) is 0 Å². The highest BCUT2D eigenvalue weighted by molar-refractivity contribution is 7.89.